The molecule has 1 unspecified atom stereocenters. The summed E-state index contributed by atoms with van der Waals surface area (Å²) >= 11 is 0. The molecule has 0 rings (SSSR count). The molecule has 0 aromatic rings. The summed E-state index contributed by atoms with van der Waals surface area (Å²) in [7, 11) is 0. The van der Waals surface area contributed by atoms with Crippen molar-refractivity contribution >= 4 is 0 Å². The van der Waals surface area contributed by atoms with Gasteiger partial charge in [0.1, 0.15) is 0 Å². The van der Waals surface area contributed by atoms with Crippen LogP contribution in [0.1, 0.15) is 33.6 Å². The third-order valence-corrected chi connectivity index (χ3v) is 1.53. The van der Waals surface area contributed by atoms with Crippen LogP contribution in [0.15, 0.2) is 0 Å². The highest BCUT2D eigenvalue weighted by Crippen LogP contribution is 2.06. The number of ether oxygens (including phenoxy) is 2. The Kier molecular flexibility index (Phi) is 7.45. The lowest BCUT2D eigenvalue weighted by atomic mass is 10.2. The number of rotatable bonds is 7. The zero-order valence-corrected chi connectivity index (χ0v) is 8.25. The summed E-state index contributed by atoms with van der Waals surface area (Å²) in [5.41, 5.74) is 0. The molecule has 0 heterocycles. The van der Waals surface area contributed by atoms with Gasteiger partial charge in [-0.15, -0.1) is 0 Å². The molecule has 1 N–H and O–H groups in total. The zero-order chi connectivity index (χ0) is 9.40. The normalized spacial score (nSPS) is 13.8. The molecular weight excluding hydrogens is 156 g/mol. The van der Waals surface area contributed by atoms with Crippen LogP contribution in [0.2, 0.25) is 0 Å². The number of hydrogen-bond donors (Lipinski definition) is 1. The summed E-state index contributed by atoms with van der Waals surface area (Å²) in [6.45, 7) is 6.96. The van der Waals surface area contributed by atoms with Crippen molar-refractivity contribution in [3.05, 3.63) is 0 Å². The Morgan fingerprint density at radius 1 is 1.08 bits per heavy atom. The average molecular weight is 176 g/mol. The van der Waals surface area contributed by atoms with Crippen molar-refractivity contribution in [1.82, 2.24) is 0 Å². The molecule has 0 aromatic carbocycles. The van der Waals surface area contributed by atoms with Gasteiger partial charge >= 0.3 is 0 Å². The smallest absolute Gasteiger partial charge is 0.157 e. The third kappa shape index (κ3) is 6.58. The van der Waals surface area contributed by atoms with Crippen LogP contribution in [0.5, 0.6) is 0 Å². The predicted octanol–water partition coefficient (Wildman–Crippen LogP) is 1.55. The Balaban J connectivity index is 3.48. The minimum absolute atomic E-state index is 0.144. The average Bonchev–Trinajstić information content (AvgIpc) is 2.01. The van der Waals surface area contributed by atoms with E-state index in [1.165, 1.54) is 0 Å². The van der Waals surface area contributed by atoms with Crippen LogP contribution in [0.4, 0.5) is 0 Å². The first-order chi connectivity index (χ1) is 5.70. The fourth-order valence-electron chi connectivity index (χ4n) is 0.964. The van der Waals surface area contributed by atoms with Gasteiger partial charge in [-0.25, -0.2) is 0 Å². The Labute approximate surface area is 74.7 Å². The van der Waals surface area contributed by atoms with Gasteiger partial charge in [0.05, 0.1) is 6.10 Å². The maximum Gasteiger partial charge on any atom is 0.157 e. The molecule has 0 spiro atoms. The number of hydrogen-bond acceptors (Lipinski definition) is 3. The van der Waals surface area contributed by atoms with E-state index in [1.54, 1.807) is 6.92 Å². The molecule has 0 saturated carbocycles. The number of aliphatic hydroxyl groups excluding tert-OH is 1. The van der Waals surface area contributed by atoms with E-state index in [-0.39, 0.29) is 12.4 Å². The summed E-state index contributed by atoms with van der Waals surface area (Å²) < 4.78 is 10.6. The van der Waals surface area contributed by atoms with E-state index >= 15 is 0 Å². The van der Waals surface area contributed by atoms with Gasteiger partial charge in [-0.2, -0.15) is 0 Å². The van der Waals surface area contributed by atoms with Crippen LogP contribution in [-0.4, -0.2) is 30.7 Å². The maximum atomic E-state index is 9.03. The van der Waals surface area contributed by atoms with Gasteiger partial charge in [-0.3, -0.25) is 0 Å². The van der Waals surface area contributed by atoms with Crippen molar-refractivity contribution < 1.29 is 14.6 Å². The second-order valence-electron chi connectivity index (χ2n) is 2.77. The van der Waals surface area contributed by atoms with Gasteiger partial charge in [0.2, 0.25) is 0 Å². The van der Waals surface area contributed by atoms with Crippen molar-refractivity contribution in [2.45, 2.75) is 46.0 Å². The van der Waals surface area contributed by atoms with Gasteiger partial charge in [-0.1, -0.05) is 0 Å². The van der Waals surface area contributed by atoms with Crippen molar-refractivity contribution in [3.63, 3.8) is 0 Å². The van der Waals surface area contributed by atoms with Crippen LogP contribution >= 0.6 is 0 Å². The first-order valence-corrected chi connectivity index (χ1v) is 4.62. The fraction of sp³-hybridized carbons (Fsp3) is 1.00. The summed E-state index contributed by atoms with van der Waals surface area (Å²) in [6.07, 6.45) is 1.08. The summed E-state index contributed by atoms with van der Waals surface area (Å²) in [5, 5.41) is 9.03. The van der Waals surface area contributed by atoms with E-state index < -0.39 is 0 Å². The molecule has 0 aliphatic rings. The molecule has 0 fully saturated rings. The Morgan fingerprint density at radius 3 is 1.92 bits per heavy atom. The molecule has 0 aliphatic heterocycles. The van der Waals surface area contributed by atoms with Gasteiger partial charge in [-0.05, 0) is 27.2 Å². The first-order valence-electron chi connectivity index (χ1n) is 4.62. The maximum absolute atomic E-state index is 9.03. The summed E-state index contributed by atoms with van der Waals surface area (Å²) in [6, 6.07) is 0. The molecular formula is C9H20O3. The first kappa shape index (κ1) is 11.9. The Morgan fingerprint density at radius 2 is 1.58 bits per heavy atom. The van der Waals surface area contributed by atoms with Gasteiger partial charge in [0, 0.05) is 19.6 Å². The van der Waals surface area contributed by atoms with E-state index in [1.807, 2.05) is 13.8 Å². The second kappa shape index (κ2) is 7.53. The van der Waals surface area contributed by atoms with Crippen molar-refractivity contribution in [1.29, 1.82) is 0 Å². The zero-order valence-electron chi connectivity index (χ0n) is 8.25. The minimum Gasteiger partial charge on any atom is -0.393 e. The molecule has 0 aliphatic carbocycles. The van der Waals surface area contributed by atoms with E-state index in [0.717, 1.165) is 12.8 Å². The van der Waals surface area contributed by atoms with Crippen LogP contribution < -0.4 is 0 Å². The van der Waals surface area contributed by atoms with Crippen LogP contribution in [0.25, 0.3) is 0 Å². The molecule has 0 bridgehead atoms. The molecule has 0 radical (unpaired) electrons. The fourth-order valence-corrected chi connectivity index (χ4v) is 0.964. The lowest BCUT2D eigenvalue weighted by Gasteiger charge is -2.17. The van der Waals surface area contributed by atoms with Gasteiger partial charge < -0.3 is 14.6 Å². The minimum atomic E-state index is -0.270. The molecule has 0 saturated heterocycles. The van der Waals surface area contributed by atoms with Crippen molar-refractivity contribution in [2.24, 2.45) is 0 Å². The highest BCUT2D eigenvalue weighted by Gasteiger charge is 2.08. The third-order valence-electron chi connectivity index (χ3n) is 1.53. The molecule has 3 nitrogen and oxygen atoms in total. The van der Waals surface area contributed by atoms with Gasteiger partial charge in [0.15, 0.2) is 6.29 Å². The lowest BCUT2D eigenvalue weighted by Crippen LogP contribution is -2.19. The van der Waals surface area contributed by atoms with Crippen LogP contribution in [-0.2, 0) is 9.47 Å². The number of aliphatic hydroxyl groups is 1. The van der Waals surface area contributed by atoms with Gasteiger partial charge in [0.25, 0.3) is 0 Å². The van der Waals surface area contributed by atoms with E-state index in [4.69, 9.17) is 14.6 Å². The quantitative estimate of drug-likeness (QED) is 0.598. The Bertz CT molecular complexity index is 87.8. The highest BCUT2D eigenvalue weighted by atomic mass is 16.7. The van der Waals surface area contributed by atoms with Crippen LogP contribution in [0, 0.1) is 0 Å². The molecule has 12 heavy (non-hydrogen) atoms. The van der Waals surface area contributed by atoms with E-state index in [2.05, 4.69) is 0 Å². The molecule has 74 valence electrons. The molecule has 1 atom stereocenters. The molecule has 0 amide bonds. The monoisotopic (exact) mass is 176 g/mol. The standard InChI is InChI=1S/C9H20O3/c1-4-11-9(12-5-2)7-6-8(3)10/h8-10H,4-7H2,1-3H3. The van der Waals surface area contributed by atoms with Crippen LogP contribution in [0.3, 0.4) is 0 Å². The Hall–Kier alpha value is -0.120. The van der Waals surface area contributed by atoms with Crippen molar-refractivity contribution in [3.8, 4) is 0 Å². The SMILES string of the molecule is CCOC(CCC(C)O)OCC. The lowest BCUT2D eigenvalue weighted by molar-refractivity contribution is -0.142. The summed E-state index contributed by atoms with van der Waals surface area (Å²) in [5.74, 6) is 0. The molecule has 3 heteroatoms. The topological polar surface area (TPSA) is 38.7 Å². The predicted molar refractivity (Wildman–Crippen MR) is 48.0 cm³/mol. The molecule has 0 aromatic heterocycles. The highest BCUT2D eigenvalue weighted by molar-refractivity contribution is 4.51. The largest absolute Gasteiger partial charge is 0.393 e. The second-order valence-corrected chi connectivity index (χ2v) is 2.77. The summed E-state index contributed by atoms with van der Waals surface area (Å²) in [4.78, 5) is 0. The van der Waals surface area contributed by atoms with E-state index in [0.29, 0.717) is 13.2 Å². The van der Waals surface area contributed by atoms with E-state index in [9.17, 15) is 0 Å². The van der Waals surface area contributed by atoms with Crippen molar-refractivity contribution in [2.75, 3.05) is 13.2 Å².